The lowest BCUT2D eigenvalue weighted by Crippen LogP contribution is -1.87. The molecule has 0 aliphatic carbocycles. The number of fused-ring (bicyclic) bond motifs is 1. The average Bonchev–Trinajstić information content (AvgIpc) is 2.87. The second-order valence-electron chi connectivity index (χ2n) is 4.32. The molecule has 0 saturated heterocycles. The highest BCUT2D eigenvalue weighted by Gasteiger charge is 2.18. The second kappa shape index (κ2) is 4.39. The van der Waals surface area contributed by atoms with Crippen molar-refractivity contribution in [2.45, 2.75) is 29.4 Å². The van der Waals surface area contributed by atoms with E-state index in [1.54, 1.807) is 0 Å². The van der Waals surface area contributed by atoms with Gasteiger partial charge in [-0.1, -0.05) is 17.8 Å². The molecule has 0 saturated carbocycles. The Balaban J connectivity index is 1.98. The van der Waals surface area contributed by atoms with Crippen LogP contribution in [0.2, 0.25) is 0 Å². The number of thiophene rings is 1. The summed E-state index contributed by atoms with van der Waals surface area (Å²) in [6.45, 7) is 5.13. The third-order valence-electron chi connectivity index (χ3n) is 2.82. The molecule has 0 fully saturated rings. The van der Waals surface area contributed by atoms with Crippen LogP contribution in [0.15, 0.2) is 33.4 Å². The van der Waals surface area contributed by atoms with E-state index in [4.69, 9.17) is 4.74 Å². The highest BCUT2D eigenvalue weighted by molar-refractivity contribution is 8.01. The van der Waals surface area contributed by atoms with Gasteiger partial charge in [-0.25, -0.2) is 0 Å². The van der Waals surface area contributed by atoms with E-state index >= 15 is 0 Å². The fourth-order valence-electron chi connectivity index (χ4n) is 2.08. The summed E-state index contributed by atoms with van der Waals surface area (Å²) in [7, 11) is 0. The first-order valence-electron chi connectivity index (χ1n) is 5.73. The molecule has 0 atom stereocenters. The fourth-order valence-corrected chi connectivity index (χ4v) is 4.38. The molecule has 1 aliphatic heterocycles. The van der Waals surface area contributed by atoms with Gasteiger partial charge in [0.15, 0.2) is 0 Å². The van der Waals surface area contributed by atoms with Gasteiger partial charge in [-0.05, 0) is 43.2 Å². The Morgan fingerprint density at radius 3 is 2.88 bits per heavy atom. The van der Waals surface area contributed by atoms with Crippen LogP contribution in [0.25, 0.3) is 0 Å². The summed E-state index contributed by atoms with van der Waals surface area (Å²) < 4.78 is 7.09. The van der Waals surface area contributed by atoms with E-state index < -0.39 is 0 Å². The Labute approximate surface area is 110 Å². The quantitative estimate of drug-likeness (QED) is 0.790. The van der Waals surface area contributed by atoms with Gasteiger partial charge in [-0.2, -0.15) is 0 Å². The maximum atomic E-state index is 5.75. The van der Waals surface area contributed by atoms with Gasteiger partial charge in [0, 0.05) is 11.3 Å². The van der Waals surface area contributed by atoms with Crippen molar-refractivity contribution in [1.29, 1.82) is 0 Å². The van der Waals surface area contributed by atoms with Crippen molar-refractivity contribution in [3.05, 3.63) is 40.3 Å². The Bertz CT molecular complexity index is 557. The van der Waals surface area contributed by atoms with Crippen molar-refractivity contribution in [3.63, 3.8) is 0 Å². The molecule has 88 valence electrons. The summed E-state index contributed by atoms with van der Waals surface area (Å²) in [6, 6.07) is 8.83. The molecule has 0 bridgehead atoms. The predicted molar refractivity (Wildman–Crippen MR) is 73.6 cm³/mol. The van der Waals surface area contributed by atoms with Crippen LogP contribution >= 0.6 is 23.1 Å². The van der Waals surface area contributed by atoms with Crippen LogP contribution in [0.4, 0.5) is 0 Å². The number of rotatable bonds is 2. The minimum Gasteiger partial charge on any atom is -0.492 e. The second-order valence-corrected chi connectivity index (χ2v) is 6.95. The number of hydrogen-bond donors (Lipinski definition) is 0. The maximum absolute atomic E-state index is 5.75. The number of aryl methyl sites for hydroxylation is 2. The first kappa shape index (κ1) is 11.2. The summed E-state index contributed by atoms with van der Waals surface area (Å²) in [5.41, 5.74) is 2.69. The van der Waals surface area contributed by atoms with E-state index in [0.29, 0.717) is 0 Å². The molecule has 1 nitrogen and oxygen atoms in total. The topological polar surface area (TPSA) is 9.23 Å². The fraction of sp³-hybridized carbons (Fsp3) is 0.286. The van der Waals surface area contributed by atoms with Crippen LogP contribution in [0.5, 0.6) is 5.75 Å². The Hall–Kier alpha value is -0.930. The molecule has 0 unspecified atom stereocenters. The highest BCUT2D eigenvalue weighted by Crippen LogP contribution is 2.42. The number of ether oxygens (including phenoxy) is 1. The lowest BCUT2D eigenvalue weighted by Gasteiger charge is -2.07. The van der Waals surface area contributed by atoms with Gasteiger partial charge < -0.3 is 4.74 Å². The lowest BCUT2D eigenvalue weighted by molar-refractivity contribution is 0.349. The first-order chi connectivity index (χ1) is 8.22. The van der Waals surface area contributed by atoms with Crippen molar-refractivity contribution in [2.75, 3.05) is 6.61 Å². The summed E-state index contributed by atoms with van der Waals surface area (Å²) >= 11 is 3.66. The van der Waals surface area contributed by atoms with Crippen molar-refractivity contribution in [3.8, 4) is 5.75 Å². The van der Waals surface area contributed by atoms with Crippen LogP contribution in [0.3, 0.4) is 0 Å². The standard InChI is InChI=1S/C14H14OS2/c1-9-7-11-5-6-15-14(11)12(8-9)17-13-4-3-10(2)16-13/h3-4,7-8H,5-6H2,1-2H3. The predicted octanol–water partition coefficient (Wildman–Crippen LogP) is 4.45. The summed E-state index contributed by atoms with van der Waals surface area (Å²) in [4.78, 5) is 2.62. The zero-order valence-corrected chi connectivity index (χ0v) is 11.6. The summed E-state index contributed by atoms with van der Waals surface area (Å²) in [5.74, 6) is 1.10. The van der Waals surface area contributed by atoms with E-state index in [2.05, 4.69) is 38.1 Å². The molecule has 0 radical (unpaired) electrons. The Morgan fingerprint density at radius 1 is 1.24 bits per heavy atom. The van der Waals surface area contributed by atoms with Gasteiger partial charge in [0.1, 0.15) is 5.75 Å². The van der Waals surface area contributed by atoms with Crippen LogP contribution in [-0.2, 0) is 6.42 Å². The minimum atomic E-state index is 0.829. The van der Waals surface area contributed by atoms with Gasteiger partial charge >= 0.3 is 0 Å². The zero-order chi connectivity index (χ0) is 11.8. The monoisotopic (exact) mass is 262 g/mol. The van der Waals surface area contributed by atoms with Gasteiger partial charge in [-0.3, -0.25) is 0 Å². The maximum Gasteiger partial charge on any atom is 0.136 e. The Kier molecular flexibility index (Phi) is 2.89. The van der Waals surface area contributed by atoms with Gasteiger partial charge in [-0.15, -0.1) is 11.3 Å². The summed E-state index contributed by atoms with van der Waals surface area (Å²) in [5, 5.41) is 0. The third kappa shape index (κ3) is 2.22. The molecule has 1 aromatic carbocycles. The van der Waals surface area contributed by atoms with Crippen molar-refractivity contribution >= 4 is 23.1 Å². The highest BCUT2D eigenvalue weighted by atomic mass is 32.2. The molecule has 1 aromatic heterocycles. The molecule has 2 heterocycles. The Morgan fingerprint density at radius 2 is 2.12 bits per heavy atom. The molecular weight excluding hydrogens is 248 g/mol. The van der Waals surface area contributed by atoms with Gasteiger partial charge in [0.25, 0.3) is 0 Å². The van der Waals surface area contributed by atoms with E-state index in [0.717, 1.165) is 18.8 Å². The lowest BCUT2D eigenvalue weighted by atomic mass is 10.1. The largest absolute Gasteiger partial charge is 0.492 e. The SMILES string of the molecule is Cc1cc2c(c(Sc3ccc(C)s3)c1)OCC2. The normalized spacial score (nSPS) is 13.5. The number of hydrogen-bond acceptors (Lipinski definition) is 3. The molecule has 0 N–H and O–H groups in total. The molecule has 0 spiro atoms. The summed E-state index contributed by atoms with van der Waals surface area (Å²) in [6.07, 6.45) is 1.05. The smallest absolute Gasteiger partial charge is 0.136 e. The van der Waals surface area contributed by atoms with Gasteiger partial charge in [0.2, 0.25) is 0 Å². The van der Waals surface area contributed by atoms with E-state index in [-0.39, 0.29) is 0 Å². The van der Waals surface area contributed by atoms with Crippen LogP contribution in [0, 0.1) is 13.8 Å². The van der Waals surface area contributed by atoms with Crippen LogP contribution in [0.1, 0.15) is 16.0 Å². The molecule has 3 rings (SSSR count). The van der Waals surface area contributed by atoms with Crippen molar-refractivity contribution in [2.24, 2.45) is 0 Å². The molecule has 1 aliphatic rings. The average molecular weight is 262 g/mol. The van der Waals surface area contributed by atoms with Gasteiger partial charge in [0.05, 0.1) is 15.7 Å². The van der Waals surface area contributed by atoms with E-state index in [1.165, 1.54) is 25.1 Å². The van der Waals surface area contributed by atoms with E-state index in [1.807, 2.05) is 23.1 Å². The molecular formula is C14H14OS2. The van der Waals surface area contributed by atoms with Crippen LogP contribution in [-0.4, -0.2) is 6.61 Å². The molecule has 3 heteroatoms. The molecule has 17 heavy (non-hydrogen) atoms. The number of benzene rings is 1. The van der Waals surface area contributed by atoms with Crippen LogP contribution < -0.4 is 4.74 Å². The van der Waals surface area contributed by atoms with Crippen molar-refractivity contribution < 1.29 is 4.74 Å². The molecule has 2 aromatic rings. The minimum absolute atomic E-state index is 0.829. The van der Waals surface area contributed by atoms with Crippen molar-refractivity contribution in [1.82, 2.24) is 0 Å². The molecule has 0 amide bonds. The third-order valence-corrected chi connectivity index (χ3v) is 4.98. The first-order valence-corrected chi connectivity index (χ1v) is 7.36. The van der Waals surface area contributed by atoms with E-state index in [9.17, 15) is 0 Å². The zero-order valence-electron chi connectivity index (χ0n) is 9.95.